The first-order chi connectivity index (χ1) is 16.8. The average molecular weight is 514 g/mol. The minimum Gasteiger partial charge on any atom is -0.497 e. The lowest BCUT2D eigenvalue weighted by Gasteiger charge is -2.26. The topological polar surface area (TPSA) is 102 Å². The lowest BCUT2D eigenvalue weighted by atomic mass is 10.1. The van der Waals surface area contributed by atoms with Crippen LogP contribution >= 0.6 is 11.8 Å². The van der Waals surface area contributed by atoms with Crippen molar-refractivity contribution in [3.05, 3.63) is 113 Å². The van der Waals surface area contributed by atoms with Gasteiger partial charge in [0.25, 0.3) is 10.1 Å². The second-order valence-corrected chi connectivity index (χ2v) is 10.00. The quantitative estimate of drug-likeness (QED) is 0.333. The minimum absolute atomic E-state index is 0.0659. The lowest BCUT2D eigenvalue weighted by molar-refractivity contribution is 0.137. The van der Waals surface area contributed by atoms with Crippen molar-refractivity contribution >= 4 is 28.0 Å². The highest BCUT2D eigenvalue weighted by Gasteiger charge is 2.25. The number of benzene rings is 3. The van der Waals surface area contributed by atoms with Crippen molar-refractivity contribution in [2.24, 2.45) is 0 Å². The summed E-state index contributed by atoms with van der Waals surface area (Å²) in [4.78, 5) is 12.6. The maximum atomic E-state index is 12.6. The van der Waals surface area contributed by atoms with Gasteiger partial charge in [0.2, 0.25) is 0 Å². The standard InChI is InChI=1S/C26H27NO6S2/c1-32-23-14-12-21(13-15-23)19-34-25(22-10-6-3-7-11-22)24(16-17-35(29,30)31)27-26(28)33-18-20-8-4-2-5-9-20/h2-17,24-25H,18-19H2,1H3,(H,27,28)(H,29,30,31). The van der Waals surface area contributed by atoms with E-state index in [0.717, 1.165) is 22.4 Å². The van der Waals surface area contributed by atoms with Crippen LogP contribution in [0.25, 0.3) is 0 Å². The van der Waals surface area contributed by atoms with E-state index in [4.69, 9.17) is 9.47 Å². The summed E-state index contributed by atoms with van der Waals surface area (Å²) in [5, 5.41) is 3.05. The summed E-state index contributed by atoms with van der Waals surface area (Å²) in [5.41, 5.74) is 2.72. The average Bonchev–Trinajstić information content (AvgIpc) is 2.87. The van der Waals surface area contributed by atoms with Crippen LogP contribution in [0.4, 0.5) is 4.79 Å². The first-order valence-electron chi connectivity index (χ1n) is 10.8. The normalized spacial score (nSPS) is 13.2. The van der Waals surface area contributed by atoms with Gasteiger partial charge >= 0.3 is 6.09 Å². The molecule has 0 spiro atoms. The van der Waals surface area contributed by atoms with Gasteiger partial charge in [-0.05, 0) is 34.9 Å². The number of nitrogens with one attached hydrogen (secondary N) is 1. The molecular weight excluding hydrogens is 486 g/mol. The third-order valence-corrected chi connectivity index (χ3v) is 6.92. The molecule has 0 fully saturated rings. The SMILES string of the molecule is COc1ccc(CSC(c2ccccc2)C(C=CS(=O)(=O)O)NC(=O)OCc2ccccc2)cc1. The second-order valence-electron chi connectivity index (χ2n) is 7.57. The predicted molar refractivity (Wildman–Crippen MR) is 138 cm³/mol. The Morgan fingerprint density at radius 3 is 2.20 bits per heavy atom. The van der Waals surface area contributed by atoms with Crippen LogP contribution in [0.1, 0.15) is 21.9 Å². The molecule has 9 heteroatoms. The van der Waals surface area contributed by atoms with E-state index in [9.17, 15) is 17.8 Å². The highest BCUT2D eigenvalue weighted by molar-refractivity contribution is 7.98. The fourth-order valence-electron chi connectivity index (χ4n) is 3.27. The lowest BCUT2D eigenvalue weighted by Crippen LogP contribution is -2.37. The highest BCUT2D eigenvalue weighted by Crippen LogP contribution is 2.35. The molecule has 0 aliphatic carbocycles. The summed E-state index contributed by atoms with van der Waals surface area (Å²) in [6.07, 6.45) is 0.558. The van der Waals surface area contributed by atoms with Gasteiger partial charge in [0.15, 0.2) is 0 Å². The number of hydrogen-bond donors (Lipinski definition) is 2. The number of rotatable bonds is 11. The highest BCUT2D eigenvalue weighted by atomic mass is 32.2. The third-order valence-electron chi connectivity index (χ3n) is 5.00. The van der Waals surface area contributed by atoms with Crippen molar-refractivity contribution in [1.29, 1.82) is 0 Å². The van der Waals surface area contributed by atoms with E-state index in [2.05, 4.69) is 5.32 Å². The molecular formula is C26H27NO6S2. The summed E-state index contributed by atoms with van der Waals surface area (Å²) in [6, 6.07) is 25.5. The Kier molecular flexibility index (Phi) is 9.77. The van der Waals surface area contributed by atoms with E-state index in [0.29, 0.717) is 11.2 Å². The predicted octanol–water partition coefficient (Wildman–Crippen LogP) is 5.37. The molecule has 2 N–H and O–H groups in total. The molecule has 3 rings (SSSR count). The fourth-order valence-corrected chi connectivity index (χ4v) is 4.92. The van der Waals surface area contributed by atoms with Gasteiger partial charge in [-0.15, -0.1) is 11.8 Å². The van der Waals surface area contributed by atoms with Gasteiger partial charge in [-0.25, -0.2) is 4.79 Å². The van der Waals surface area contributed by atoms with Crippen molar-refractivity contribution in [1.82, 2.24) is 5.32 Å². The van der Waals surface area contributed by atoms with E-state index in [1.54, 1.807) is 7.11 Å². The molecule has 2 unspecified atom stereocenters. The maximum Gasteiger partial charge on any atom is 0.407 e. The number of amides is 1. The molecule has 0 saturated carbocycles. The molecule has 1 amide bonds. The molecule has 2 atom stereocenters. The van der Waals surface area contributed by atoms with E-state index in [1.165, 1.54) is 17.8 Å². The van der Waals surface area contributed by atoms with Gasteiger partial charge in [0.1, 0.15) is 12.4 Å². The summed E-state index contributed by atoms with van der Waals surface area (Å²) >= 11 is 1.52. The molecule has 184 valence electrons. The van der Waals surface area contributed by atoms with Crippen molar-refractivity contribution in [3.8, 4) is 5.75 Å². The van der Waals surface area contributed by atoms with Crippen LogP contribution in [0.15, 0.2) is 96.4 Å². The van der Waals surface area contributed by atoms with Crippen molar-refractivity contribution in [3.63, 3.8) is 0 Å². The molecule has 35 heavy (non-hydrogen) atoms. The Morgan fingerprint density at radius 2 is 1.60 bits per heavy atom. The zero-order valence-electron chi connectivity index (χ0n) is 19.1. The zero-order valence-corrected chi connectivity index (χ0v) is 20.7. The van der Waals surface area contributed by atoms with Crippen molar-refractivity contribution < 1.29 is 27.2 Å². The van der Waals surface area contributed by atoms with Crippen LogP contribution in [0.3, 0.4) is 0 Å². The second kappa shape index (κ2) is 13.0. The number of thioether (sulfide) groups is 1. The van der Waals surface area contributed by atoms with Crippen LogP contribution in [-0.4, -0.2) is 32.2 Å². The number of alkyl carbamates (subject to hydrolysis) is 1. The van der Waals surface area contributed by atoms with Gasteiger partial charge in [-0.3, -0.25) is 4.55 Å². The monoisotopic (exact) mass is 513 g/mol. The van der Waals surface area contributed by atoms with E-state index in [1.807, 2.05) is 84.9 Å². The Morgan fingerprint density at radius 1 is 0.971 bits per heavy atom. The number of ether oxygens (including phenoxy) is 2. The van der Waals surface area contributed by atoms with Gasteiger partial charge in [0, 0.05) is 5.75 Å². The van der Waals surface area contributed by atoms with E-state index in [-0.39, 0.29) is 11.9 Å². The minimum atomic E-state index is -4.40. The smallest absolute Gasteiger partial charge is 0.407 e. The summed E-state index contributed by atoms with van der Waals surface area (Å²) in [5.74, 6) is 1.33. The largest absolute Gasteiger partial charge is 0.497 e. The number of hydrogen-bond acceptors (Lipinski definition) is 6. The van der Waals surface area contributed by atoms with Crippen LogP contribution in [0, 0.1) is 0 Å². The van der Waals surface area contributed by atoms with Crippen molar-refractivity contribution in [2.45, 2.75) is 23.7 Å². The molecule has 0 aromatic heterocycles. The number of carbonyl (C=O) groups excluding carboxylic acids is 1. The van der Waals surface area contributed by atoms with Crippen LogP contribution in [0.5, 0.6) is 5.75 Å². The maximum absolute atomic E-state index is 12.6. The molecule has 0 bridgehead atoms. The Hall–Kier alpha value is -3.27. The van der Waals surface area contributed by atoms with Gasteiger partial charge in [-0.1, -0.05) is 72.8 Å². The fraction of sp³-hybridized carbons (Fsp3) is 0.192. The van der Waals surface area contributed by atoms with Gasteiger partial charge < -0.3 is 14.8 Å². The Balaban J connectivity index is 1.81. The first-order valence-corrected chi connectivity index (χ1v) is 13.3. The third kappa shape index (κ3) is 9.12. The zero-order chi connectivity index (χ0) is 25.1. The van der Waals surface area contributed by atoms with Gasteiger partial charge in [-0.2, -0.15) is 8.42 Å². The molecule has 3 aromatic carbocycles. The molecule has 0 aliphatic rings. The summed E-state index contributed by atoms with van der Waals surface area (Å²) in [6.45, 7) is 0.0659. The molecule has 0 heterocycles. The van der Waals surface area contributed by atoms with Crippen LogP contribution in [-0.2, 0) is 27.2 Å². The summed E-state index contributed by atoms with van der Waals surface area (Å²) in [7, 11) is -2.80. The van der Waals surface area contributed by atoms with E-state index < -0.39 is 22.3 Å². The van der Waals surface area contributed by atoms with E-state index >= 15 is 0 Å². The molecule has 0 radical (unpaired) electrons. The number of carbonyl (C=O) groups is 1. The Labute approximate surface area is 209 Å². The molecule has 0 saturated heterocycles. The molecule has 0 aliphatic heterocycles. The molecule has 7 nitrogen and oxygen atoms in total. The number of methoxy groups -OCH3 is 1. The van der Waals surface area contributed by atoms with Crippen LogP contribution < -0.4 is 10.1 Å². The first kappa shape index (κ1) is 26.3. The molecule has 3 aromatic rings. The van der Waals surface area contributed by atoms with Crippen LogP contribution in [0.2, 0.25) is 0 Å². The Bertz CT molecular complexity index is 1200. The van der Waals surface area contributed by atoms with Gasteiger partial charge in [0.05, 0.1) is 23.8 Å². The summed E-state index contributed by atoms with van der Waals surface area (Å²) < 4.78 is 42.7. The van der Waals surface area contributed by atoms with Crippen molar-refractivity contribution in [2.75, 3.05) is 7.11 Å².